The third-order valence-corrected chi connectivity index (χ3v) is 4.45. The number of aryl methyl sites for hydroxylation is 2. The number of hydrogen-bond acceptors (Lipinski definition) is 3. The fourth-order valence-corrected chi connectivity index (χ4v) is 2.87. The van der Waals surface area contributed by atoms with Gasteiger partial charge in [0, 0.05) is 9.75 Å². The van der Waals surface area contributed by atoms with Crippen molar-refractivity contribution in [3.8, 4) is 0 Å². The van der Waals surface area contributed by atoms with Crippen molar-refractivity contribution >= 4 is 17.2 Å². The van der Waals surface area contributed by atoms with Crippen LogP contribution in [0.4, 0.5) is 0 Å². The number of carbonyl (C=O) groups is 1. The third-order valence-electron chi connectivity index (χ3n) is 3.27. The SMILES string of the molecule is Cc1ccc(C(N)C(=O)NC(C)c2ccc(C)s2)cc1. The van der Waals surface area contributed by atoms with Crippen molar-refractivity contribution in [2.75, 3.05) is 0 Å². The van der Waals surface area contributed by atoms with Crippen molar-refractivity contribution in [3.05, 3.63) is 57.3 Å². The van der Waals surface area contributed by atoms with Crippen LogP contribution in [0.3, 0.4) is 0 Å². The van der Waals surface area contributed by atoms with Crippen LogP contribution < -0.4 is 11.1 Å². The number of nitrogens with one attached hydrogen (secondary N) is 1. The lowest BCUT2D eigenvalue weighted by atomic mass is 10.0. The van der Waals surface area contributed by atoms with Gasteiger partial charge in [-0.2, -0.15) is 0 Å². The number of nitrogens with two attached hydrogens (primary N) is 1. The molecule has 1 amide bonds. The summed E-state index contributed by atoms with van der Waals surface area (Å²) in [6.45, 7) is 6.04. The maximum absolute atomic E-state index is 12.2. The molecular formula is C16H20N2OS. The van der Waals surface area contributed by atoms with Gasteiger partial charge in [-0.3, -0.25) is 4.79 Å². The van der Waals surface area contributed by atoms with Crippen molar-refractivity contribution in [3.63, 3.8) is 0 Å². The predicted molar refractivity (Wildman–Crippen MR) is 83.7 cm³/mol. The monoisotopic (exact) mass is 288 g/mol. The van der Waals surface area contributed by atoms with E-state index in [2.05, 4.69) is 18.3 Å². The molecule has 2 unspecified atom stereocenters. The quantitative estimate of drug-likeness (QED) is 0.907. The summed E-state index contributed by atoms with van der Waals surface area (Å²) in [6.07, 6.45) is 0. The molecule has 3 nitrogen and oxygen atoms in total. The fourth-order valence-electron chi connectivity index (χ4n) is 1.99. The molecule has 0 bridgehead atoms. The lowest BCUT2D eigenvalue weighted by molar-refractivity contribution is -0.123. The van der Waals surface area contributed by atoms with Crippen LogP contribution in [-0.4, -0.2) is 5.91 Å². The zero-order valence-corrected chi connectivity index (χ0v) is 12.8. The van der Waals surface area contributed by atoms with Crippen LogP contribution in [0.25, 0.3) is 0 Å². The van der Waals surface area contributed by atoms with Gasteiger partial charge in [0.25, 0.3) is 0 Å². The molecule has 2 aromatic rings. The molecule has 2 atom stereocenters. The first kappa shape index (κ1) is 14.8. The van der Waals surface area contributed by atoms with E-state index in [0.717, 1.165) is 16.0 Å². The zero-order valence-electron chi connectivity index (χ0n) is 12.0. The number of benzene rings is 1. The van der Waals surface area contributed by atoms with E-state index >= 15 is 0 Å². The van der Waals surface area contributed by atoms with Gasteiger partial charge in [0.2, 0.25) is 5.91 Å². The van der Waals surface area contributed by atoms with Crippen LogP contribution >= 0.6 is 11.3 Å². The fraction of sp³-hybridized carbons (Fsp3) is 0.312. The first-order valence-corrected chi connectivity index (χ1v) is 7.48. The summed E-state index contributed by atoms with van der Waals surface area (Å²) in [6, 6.07) is 11.2. The van der Waals surface area contributed by atoms with E-state index in [0.29, 0.717) is 0 Å². The molecular weight excluding hydrogens is 268 g/mol. The number of hydrogen-bond donors (Lipinski definition) is 2. The van der Waals surface area contributed by atoms with Crippen molar-refractivity contribution in [2.45, 2.75) is 32.9 Å². The molecule has 0 radical (unpaired) electrons. The predicted octanol–water partition coefficient (Wildman–Crippen LogP) is 3.24. The van der Waals surface area contributed by atoms with Gasteiger partial charge in [-0.25, -0.2) is 0 Å². The van der Waals surface area contributed by atoms with Gasteiger partial charge in [0.1, 0.15) is 6.04 Å². The molecule has 1 aromatic carbocycles. The zero-order chi connectivity index (χ0) is 14.7. The molecule has 0 aliphatic heterocycles. The Hall–Kier alpha value is -1.65. The Morgan fingerprint density at radius 2 is 1.80 bits per heavy atom. The van der Waals surface area contributed by atoms with Gasteiger partial charge in [-0.15, -0.1) is 11.3 Å². The number of thiophene rings is 1. The molecule has 20 heavy (non-hydrogen) atoms. The molecule has 0 saturated heterocycles. The van der Waals surface area contributed by atoms with Crippen molar-refractivity contribution in [1.82, 2.24) is 5.32 Å². The molecule has 0 aliphatic rings. The highest BCUT2D eigenvalue weighted by atomic mass is 32.1. The Morgan fingerprint density at radius 1 is 1.15 bits per heavy atom. The third kappa shape index (κ3) is 3.46. The number of carbonyl (C=O) groups excluding carboxylic acids is 1. The first-order valence-electron chi connectivity index (χ1n) is 6.66. The Morgan fingerprint density at radius 3 is 2.35 bits per heavy atom. The minimum absolute atomic E-state index is 0.0160. The van der Waals surface area contributed by atoms with Crippen LogP contribution in [0.1, 0.15) is 39.9 Å². The second-order valence-corrected chi connectivity index (χ2v) is 6.39. The Balaban J connectivity index is 2.02. The van der Waals surface area contributed by atoms with E-state index in [-0.39, 0.29) is 11.9 Å². The summed E-state index contributed by atoms with van der Waals surface area (Å²) in [5.41, 5.74) is 8.00. The summed E-state index contributed by atoms with van der Waals surface area (Å²) in [5.74, 6) is -0.146. The van der Waals surface area contributed by atoms with Gasteiger partial charge >= 0.3 is 0 Å². The van der Waals surface area contributed by atoms with E-state index in [1.807, 2.05) is 44.2 Å². The molecule has 0 saturated carbocycles. The van der Waals surface area contributed by atoms with E-state index in [9.17, 15) is 4.79 Å². The average molecular weight is 288 g/mol. The first-order chi connectivity index (χ1) is 9.47. The van der Waals surface area contributed by atoms with Gasteiger partial charge in [-0.05, 0) is 38.5 Å². The highest BCUT2D eigenvalue weighted by Crippen LogP contribution is 2.23. The summed E-state index contributed by atoms with van der Waals surface area (Å²) < 4.78 is 0. The maximum Gasteiger partial charge on any atom is 0.242 e. The van der Waals surface area contributed by atoms with E-state index < -0.39 is 6.04 Å². The maximum atomic E-state index is 12.2. The smallest absolute Gasteiger partial charge is 0.242 e. The molecule has 1 heterocycles. The van der Waals surface area contributed by atoms with E-state index in [4.69, 9.17) is 5.73 Å². The average Bonchev–Trinajstić information content (AvgIpc) is 2.85. The van der Waals surface area contributed by atoms with Crippen LogP contribution in [0.15, 0.2) is 36.4 Å². The molecule has 4 heteroatoms. The summed E-state index contributed by atoms with van der Waals surface area (Å²) in [7, 11) is 0. The second kappa shape index (κ2) is 6.20. The van der Waals surface area contributed by atoms with Gasteiger partial charge in [-0.1, -0.05) is 29.8 Å². The summed E-state index contributed by atoms with van der Waals surface area (Å²) >= 11 is 1.69. The molecule has 0 spiro atoms. The van der Waals surface area contributed by atoms with Crippen LogP contribution in [0.2, 0.25) is 0 Å². The topological polar surface area (TPSA) is 55.1 Å². The molecule has 2 rings (SSSR count). The van der Waals surface area contributed by atoms with E-state index in [1.165, 1.54) is 4.88 Å². The van der Waals surface area contributed by atoms with E-state index in [1.54, 1.807) is 11.3 Å². The number of amides is 1. The summed E-state index contributed by atoms with van der Waals surface area (Å²) in [5, 5.41) is 2.97. The standard InChI is InChI=1S/C16H20N2OS/c1-10-4-7-13(8-5-10)15(17)16(19)18-12(3)14-9-6-11(2)20-14/h4-9,12,15H,17H2,1-3H3,(H,18,19). The molecule has 0 aliphatic carbocycles. The highest BCUT2D eigenvalue weighted by Gasteiger charge is 2.18. The molecule has 1 aromatic heterocycles. The van der Waals surface area contributed by atoms with Gasteiger partial charge < -0.3 is 11.1 Å². The van der Waals surface area contributed by atoms with Crippen molar-refractivity contribution < 1.29 is 4.79 Å². The van der Waals surface area contributed by atoms with Crippen LogP contribution in [0.5, 0.6) is 0 Å². The Bertz CT molecular complexity index is 589. The summed E-state index contributed by atoms with van der Waals surface area (Å²) in [4.78, 5) is 14.6. The minimum Gasteiger partial charge on any atom is -0.347 e. The minimum atomic E-state index is -0.626. The molecule has 0 fully saturated rings. The van der Waals surface area contributed by atoms with Gasteiger partial charge in [0.15, 0.2) is 0 Å². The highest BCUT2D eigenvalue weighted by molar-refractivity contribution is 7.12. The van der Waals surface area contributed by atoms with Crippen molar-refractivity contribution in [2.24, 2.45) is 5.73 Å². The second-order valence-electron chi connectivity index (χ2n) is 5.07. The van der Waals surface area contributed by atoms with Crippen LogP contribution in [-0.2, 0) is 4.79 Å². The molecule has 3 N–H and O–H groups in total. The Labute approximate surface area is 123 Å². The Kier molecular flexibility index (Phi) is 4.57. The lowest BCUT2D eigenvalue weighted by Crippen LogP contribution is -2.35. The van der Waals surface area contributed by atoms with Crippen molar-refractivity contribution in [1.29, 1.82) is 0 Å². The van der Waals surface area contributed by atoms with Gasteiger partial charge in [0.05, 0.1) is 6.04 Å². The van der Waals surface area contributed by atoms with Crippen LogP contribution in [0, 0.1) is 13.8 Å². The normalized spacial score (nSPS) is 13.8. The molecule has 106 valence electrons. The largest absolute Gasteiger partial charge is 0.347 e. The number of rotatable bonds is 4. The lowest BCUT2D eigenvalue weighted by Gasteiger charge is -2.17.